The van der Waals surface area contributed by atoms with E-state index < -0.39 is 11.9 Å². The first-order chi connectivity index (χ1) is 19.5. The Bertz CT molecular complexity index is 1430. The lowest BCUT2D eigenvalue weighted by Crippen LogP contribution is -2.31. The predicted molar refractivity (Wildman–Crippen MR) is 158 cm³/mol. The van der Waals surface area contributed by atoms with Crippen molar-refractivity contribution in [1.29, 1.82) is 5.26 Å². The lowest BCUT2D eigenvalue weighted by atomic mass is 9.82. The molecule has 0 unspecified atom stereocenters. The van der Waals surface area contributed by atoms with Gasteiger partial charge in [0.1, 0.15) is 6.61 Å². The molecule has 1 aliphatic rings. The summed E-state index contributed by atoms with van der Waals surface area (Å²) in [6.07, 6.45) is 0. The van der Waals surface area contributed by atoms with Crippen LogP contribution in [0.15, 0.2) is 107 Å². The van der Waals surface area contributed by atoms with Crippen molar-refractivity contribution in [2.75, 3.05) is 31.0 Å². The standard InChI is InChI=1S/C31H28ClN3O4S/c1-21-28(31(37)39-18-17-38-2)29(24-15-9-10-16-26(24)32)25(19-33)30(34-21)40-20-27(36)35(22-11-5-3-6-12-22)23-13-7-4-8-14-23/h3-16,29,34H,17-18,20H2,1-2H3/t29-/m1/s1. The molecule has 1 amide bonds. The van der Waals surface area contributed by atoms with Crippen LogP contribution in [0.4, 0.5) is 11.4 Å². The maximum absolute atomic E-state index is 13.6. The maximum Gasteiger partial charge on any atom is 0.336 e. The van der Waals surface area contributed by atoms with Gasteiger partial charge in [0.05, 0.1) is 40.5 Å². The molecule has 204 valence electrons. The van der Waals surface area contributed by atoms with E-state index in [4.69, 9.17) is 21.1 Å². The smallest absolute Gasteiger partial charge is 0.336 e. The fraction of sp³-hybridized carbons (Fsp3) is 0.194. The Balaban J connectivity index is 1.67. The highest BCUT2D eigenvalue weighted by atomic mass is 35.5. The largest absolute Gasteiger partial charge is 0.460 e. The molecular weight excluding hydrogens is 546 g/mol. The van der Waals surface area contributed by atoms with Crippen LogP contribution >= 0.6 is 23.4 Å². The molecule has 1 N–H and O–H groups in total. The number of carbonyl (C=O) groups excluding carboxylic acids is 2. The number of anilines is 2. The number of dihydropyridines is 1. The highest BCUT2D eigenvalue weighted by Gasteiger charge is 2.37. The predicted octanol–water partition coefficient (Wildman–Crippen LogP) is 6.32. The average Bonchev–Trinajstić information content (AvgIpc) is 2.97. The summed E-state index contributed by atoms with van der Waals surface area (Å²) in [6, 6.07) is 28.1. The quantitative estimate of drug-likeness (QED) is 0.224. The van der Waals surface area contributed by atoms with Crippen molar-refractivity contribution in [2.45, 2.75) is 12.8 Å². The Kier molecular flexibility index (Phi) is 10.0. The first kappa shape index (κ1) is 29.0. The average molecular weight is 574 g/mol. The summed E-state index contributed by atoms with van der Waals surface area (Å²) in [4.78, 5) is 28.5. The number of ether oxygens (including phenoxy) is 2. The second-order valence-electron chi connectivity index (χ2n) is 8.79. The van der Waals surface area contributed by atoms with Crippen LogP contribution in [0.1, 0.15) is 18.4 Å². The first-order valence-electron chi connectivity index (χ1n) is 12.5. The van der Waals surface area contributed by atoms with Gasteiger partial charge in [-0.3, -0.25) is 9.69 Å². The van der Waals surface area contributed by atoms with Crippen LogP contribution in [-0.2, 0) is 19.1 Å². The minimum Gasteiger partial charge on any atom is -0.460 e. The number of halogens is 1. The van der Waals surface area contributed by atoms with E-state index in [9.17, 15) is 14.9 Å². The van der Waals surface area contributed by atoms with Crippen LogP contribution in [0, 0.1) is 11.3 Å². The molecular formula is C31H28ClN3O4S. The van der Waals surface area contributed by atoms with Crippen LogP contribution in [0.25, 0.3) is 0 Å². The summed E-state index contributed by atoms with van der Waals surface area (Å²) >= 11 is 7.77. The van der Waals surface area contributed by atoms with E-state index in [0.29, 0.717) is 21.3 Å². The highest BCUT2D eigenvalue weighted by molar-refractivity contribution is 8.03. The molecule has 1 atom stereocenters. The Morgan fingerprint density at radius 2 is 1.57 bits per heavy atom. The van der Waals surface area contributed by atoms with Crippen LogP contribution in [0.2, 0.25) is 5.02 Å². The number of carbonyl (C=O) groups is 2. The van der Waals surface area contributed by atoms with Gasteiger partial charge in [-0.15, -0.1) is 0 Å². The summed E-state index contributed by atoms with van der Waals surface area (Å²) in [6.45, 7) is 2.05. The van der Waals surface area contributed by atoms with Gasteiger partial charge in [0, 0.05) is 29.2 Å². The molecule has 0 aliphatic carbocycles. The summed E-state index contributed by atoms with van der Waals surface area (Å²) in [5.41, 5.74) is 3.14. The Morgan fingerprint density at radius 3 is 2.15 bits per heavy atom. The zero-order chi connectivity index (χ0) is 28.5. The van der Waals surface area contributed by atoms with E-state index in [1.807, 2.05) is 60.7 Å². The number of thioether (sulfide) groups is 1. The lowest BCUT2D eigenvalue weighted by Gasteiger charge is -2.30. The lowest BCUT2D eigenvalue weighted by molar-refractivity contribution is -0.140. The minimum absolute atomic E-state index is 0.0352. The number of hydrogen-bond donors (Lipinski definition) is 1. The number of methoxy groups -OCH3 is 1. The molecule has 0 aromatic heterocycles. The van der Waals surface area contributed by atoms with Crippen molar-refractivity contribution in [2.24, 2.45) is 0 Å². The van der Waals surface area contributed by atoms with E-state index in [2.05, 4.69) is 11.4 Å². The van der Waals surface area contributed by atoms with Gasteiger partial charge in [0.2, 0.25) is 5.91 Å². The van der Waals surface area contributed by atoms with Crippen molar-refractivity contribution in [3.8, 4) is 6.07 Å². The Labute approximate surface area is 243 Å². The van der Waals surface area contributed by atoms with E-state index in [1.165, 1.54) is 18.9 Å². The molecule has 0 radical (unpaired) electrons. The SMILES string of the molecule is COCCOC(=O)C1=C(C)NC(SCC(=O)N(c2ccccc2)c2ccccc2)=C(C#N)[C@H]1c1ccccc1Cl. The third-order valence-corrected chi connectivity index (χ3v) is 7.57. The van der Waals surface area contributed by atoms with Crippen molar-refractivity contribution < 1.29 is 19.1 Å². The van der Waals surface area contributed by atoms with Crippen molar-refractivity contribution in [3.05, 3.63) is 117 Å². The number of nitrogens with one attached hydrogen (secondary N) is 1. The van der Waals surface area contributed by atoms with Crippen molar-refractivity contribution >= 4 is 46.6 Å². The number of rotatable bonds is 10. The minimum atomic E-state index is -0.771. The van der Waals surface area contributed by atoms with Gasteiger partial charge in [-0.2, -0.15) is 5.26 Å². The molecule has 1 heterocycles. The number of nitrogens with zero attached hydrogens (tertiary/aromatic N) is 2. The normalized spacial score (nSPS) is 14.8. The zero-order valence-electron chi connectivity index (χ0n) is 22.1. The number of nitriles is 1. The van der Waals surface area contributed by atoms with Gasteiger partial charge in [-0.05, 0) is 42.8 Å². The van der Waals surface area contributed by atoms with Crippen LogP contribution < -0.4 is 10.2 Å². The molecule has 0 saturated carbocycles. The molecule has 0 fully saturated rings. The molecule has 3 aromatic rings. The van der Waals surface area contributed by atoms with E-state index >= 15 is 0 Å². The van der Waals surface area contributed by atoms with Gasteiger partial charge in [-0.1, -0.05) is 78.0 Å². The number of benzene rings is 3. The van der Waals surface area contributed by atoms with E-state index in [1.54, 1.807) is 36.1 Å². The second kappa shape index (κ2) is 13.9. The van der Waals surface area contributed by atoms with Gasteiger partial charge in [0.15, 0.2) is 0 Å². The molecule has 0 bridgehead atoms. The van der Waals surface area contributed by atoms with E-state index in [-0.39, 0.29) is 36.0 Å². The molecule has 40 heavy (non-hydrogen) atoms. The Morgan fingerprint density at radius 1 is 0.975 bits per heavy atom. The molecule has 0 saturated heterocycles. The fourth-order valence-electron chi connectivity index (χ4n) is 4.40. The summed E-state index contributed by atoms with van der Waals surface area (Å²) in [7, 11) is 1.52. The molecule has 7 nitrogen and oxygen atoms in total. The first-order valence-corrected chi connectivity index (χ1v) is 13.9. The molecule has 3 aromatic carbocycles. The Hall–Kier alpha value is -4.03. The zero-order valence-corrected chi connectivity index (χ0v) is 23.7. The third-order valence-electron chi connectivity index (χ3n) is 6.22. The number of para-hydroxylation sites is 2. The molecule has 0 spiro atoms. The molecule has 1 aliphatic heterocycles. The van der Waals surface area contributed by atoms with Gasteiger partial charge in [-0.25, -0.2) is 4.79 Å². The van der Waals surface area contributed by atoms with Crippen LogP contribution in [0.3, 0.4) is 0 Å². The number of esters is 1. The van der Waals surface area contributed by atoms with Crippen molar-refractivity contribution in [1.82, 2.24) is 5.32 Å². The van der Waals surface area contributed by atoms with Crippen LogP contribution in [-0.4, -0.2) is 38.0 Å². The second-order valence-corrected chi connectivity index (χ2v) is 10.2. The fourth-order valence-corrected chi connectivity index (χ4v) is 5.59. The summed E-state index contributed by atoms with van der Waals surface area (Å²) in [5.74, 6) is -1.48. The third kappa shape index (κ3) is 6.57. The summed E-state index contributed by atoms with van der Waals surface area (Å²) in [5, 5.41) is 14.4. The number of hydrogen-bond acceptors (Lipinski definition) is 7. The highest BCUT2D eigenvalue weighted by Crippen LogP contribution is 2.43. The van der Waals surface area contributed by atoms with Crippen LogP contribution in [0.5, 0.6) is 0 Å². The van der Waals surface area contributed by atoms with Gasteiger partial charge < -0.3 is 14.8 Å². The van der Waals surface area contributed by atoms with E-state index in [0.717, 1.165) is 11.4 Å². The van der Waals surface area contributed by atoms with Gasteiger partial charge >= 0.3 is 5.97 Å². The number of allylic oxidation sites excluding steroid dienone is 2. The number of amides is 1. The monoisotopic (exact) mass is 573 g/mol. The molecule has 9 heteroatoms. The maximum atomic E-state index is 13.6. The summed E-state index contributed by atoms with van der Waals surface area (Å²) < 4.78 is 10.4. The topological polar surface area (TPSA) is 91.7 Å². The van der Waals surface area contributed by atoms with Gasteiger partial charge in [0.25, 0.3) is 0 Å². The molecule has 4 rings (SSSR count). The van der Waals surface area contributed by atoms with Crippen molar-refractivity contribution in [3.63, 3.8) is 0 Å².